The van der Waals surface area contributed by atoms with E-state index in [4.69, 9.17) is 6.42 Å². The number of rotatable bonds is 3. The van der Waals surface area contributed by atoms with Gasteiger partial charge in [-0.25, -0.2) is 0 Å². The van der Waals surface area contributed by atoms with Gasteiger partial charge in [-0.15, -0.1) is 6.42 Å². The summed E-state index contributed by atoms with van der Waals surface area (Å²) in [6.45, 7) is 10.6. The third-order valence-corrected chi connectivity index (χ3v) is 4.46. The van der Waals surface area contributed by atoms with Crippen molar-refractivity contribution in [1.82, 2.24) is 10.2 Å². The summed E-state index contributed by atoms with van der Waals surface area (Å²) in [6, 6.07) is 0. The average molecular weight is 286 g/mol. The van der Waals surface area contributed by atoms with Gasteiger partial charge in [-0.3, -0.25) is 4.90 Å². The first-order chi connectivity index (χ1) is 9.97. The van der Waals surface area contributed by atoms with E-state index in [1.165, 1.54) is 0 Å². The topological polar surface area (TPSA) is 55.7 Å². The van der Waals surface area contributed by atoms with E-state index in [2.05, 4.69) is 16.1 Å². The molecule has 0 aliphatic carbocycles. The molecule has 0 aromatic heterocycles. The molecule has 1 aliphatic heterocycles. The molecule has 21 heavy (non-hydrogen) atoms. The van der Waals surface area contributed by atoms with Gasteiger partial charge in [-0.05, 0) is 48.5 Å². The lowest BCUT2D eigenvalue weighted by atomic mass is 9.70. The Morgan fingerprint density at radius 1 is 1.14 bits per heavy atom. The smallest absolute Gasteiger partial charge is 0.423 e. The van der Waals surface area contributed by atoms with E-state index in [0.29, 0.717) is 5.46 Å². The van der Waals surface area contributed by atoms with E-state index in [1.807, 2.05) is 20.8 Å². The quantitative estimate of drug-likeness (QED) is 0.526. The summed E-state index contributed by atoms with van der Waals surface area (Å²) in [5, 5.41) is 22.7. The number of benzene rings is 1. The molecule has 2 rings (SSSR count). The highest BCUT2D eigenvalue weighted by atomic mass is 16.4. The fraction of sp³-hybridized carbons (Fsp3) is 0.500. The summed E-state index contributed by atoms with van der Waals surface area (Å²) in [6.07, 6.45) is 5.64. The van der Waals surface area contributed by atoms with Crippen molar-refractivity contribution < 1.29 is 10.0 Å². The van der Waals surface area contributed by atoms with Gasteiger partial charge in [-0.1, -0.05) is 5.92 Å². The van der Waals surface area contributed by atoms with Gasteiger partial charge in [0.05, 0.1) is 0 Å². The molecule has 1 saturated heterocycles. The van der Waals surface area contributed by atoms with Crippen LogP contribution in [0.15, 0.2) is 0 Å². The SMILES string of the molecule is C#Cc1c(C)c(CN2CCNCC2)c(C)c(B(O)O)c1C. The maximum absolute atomic E-state index is 9.69. The molecule has 112 valence electrons. The van der Waals surface area contributed by atoms with Gasteiger partial charge in [0.2, 0.25) is 0 Å². The highest BCUT2D eigenvalue weighted by Crippen LogP contribution is 2.22. The lowest BCUT2D eigenvalue weighted by molar-refractivity contribution is 0.232. The monoisotopic (exact) mass is 286 g/mol. The first-order valence-electron chi connectivity index (χ1n) is 7.35. The minimum atomic E-state index is -1.49. The number of nitrogens with zero attached hydrogens (tertiary/aromatic N) is 1. The van der Waals surface area contributed by atoms with E-state index in [-0.39, 0.29) is 0 Å². The molecular formula is C16H23BN2O2. The molecule has 0 spiro atoms. The molecule has 0 amide bonds. The van der Waals surface area contributed by atoms with Crippen LogP contribution in [0.4, 0.5) is 0 Å². The molecule has 1 aliphatic rings. The van der Waals surface area contributed by atoms with Gasteiger partial charge < -0.3 is 15.4 Å². The second-order valence-electron chi connectivity index (χ2n) is 5.69. The van der Waals surface area contributed by atoms with Crippen LogP contribution in [0.2, 0.25) is 0 Å². The maximum atomic E-state index is 9.69. The van der Waals surface area contributed by atoms with Crippen LogP contribution in [-0.2, 0) is 6.54 Å². The van der Waals surface area contributed by atoms with Crippen molar-refractivity contribution in [2.24, 2.45) is 0 Å². The van der Waals surface area contributed by atoms with Crippen molar-refractivity contribution in [3.63, 3.8) is 0 Å². The third-order valence-electron chi connectivity index (χ3n) is 4.46. The van der Waals surface area contributed by atoms with Crippen molar-refractivity contribution in [2.75, 3.05) is 26.2 Å². The first kappa shape index (κ1) is 16.1. The molecule has 1 aromatic rings. The van der Waals surface area contributed by atoms with Crippen molar-refractivity contribution in [3.05, 3.63) is 27.8 Å². The van der Waals surface area contributed by atoms with E-state index < -0.39 is 7.12 Å². The van der Waals surface area contributed by atoms with Crippen LogP contribution in [0.5, 0.6) is 0 Å². The molecule has 0 bridgehead atoms. The molecule has 0 saturated carbocycles. The highest BCUT2D eigenvalue weighted by molar-refractivity contribution is 6.60. The molecule has 3 N–H and O–H groups in total. The minimum absolute atomic E-state index is 0.554. The summed E-state index contributed by atoms with van der Waals surface area (Å²) in [7, 11) is -1.49. The average Bonchev–Trinajstić information content (AvgIpc) is 2.45. The van der Waals surface area contributed by atoms with E-state index in [9.17, 15) is 10.0 Å². The zero-order valence-corrected chi connectivity index (χ0v) is 13.0. The molecule has 5 heteroatoms. The molecule has 0 unspecified atom stereocenters. The first-order valence-corrected chi connectivity index (χ1v) is 7.35. The highest BCUT2D eigenvalue weighted by Gasteiger charge is 2.24. The van der Waals surface area contributed by atoms with Gasteiger partial charge in [0.25, 0.3) is 0 Å². The molecule has 1 fully saturated rings. The van der Waals surface area contributed by atoms with Gasteiger partial charge in [-0.2, -0.15) is 0 Å². The number of hydrogen-bond donors (Lipinski definition) is 3. The van der Waals surface area contributed by atoms with Gasteiger partial charge in [0.1, 0.15) is 0 Å². The largest absolute Gasteiger partial charge is 0.489 e. The van der Waals surface area contributed by atoms with Crippen LogP contribution >= 0.6 is 0 Å². The van der Waals surface area contributed by atoms with E-state index in [1.54, 1.807) is 0 Å². The van der Waals surface area contributed by atoms with Gasteiger partial charge >= 0.3 is 7.12 Å². The summed E-state index contributed by atoms with van der Waals surface area (Å²) >= 11 is 0. The van der Waals surface area contributed by atoms with Crippen LogP contribution in [0.25, 0.3) is 0 Å². The Morgan fingerprint density at radius 2 is 1.76 bits per heavy atom. The Hall–Kier alpha value is -1.32. The molecular weight excluding hydrogens is 263 g/mol. The van der Waals surface area contributed by atoms with Crippen molar-refractivity contribution in [1.29, 1.82) is 0 Å². The Kier molecular flexibility index (Phi) is 5.07. The Bertz CT molecular complexity index is 573. The molecule has 1 heterocycles. The van der Waals surface area contributed by atoms with Crippen LogP contribution < -0.4 is 10.8 Å². The number of terminal acetylenes is 1. The van der Waals surface area contributed by atoms with Crippen LogP contribution in [-0.4, -0.2) is 48.2 Å². The second kappa shape index (κ2) is 6.63. The summed E-state index contributed by atoms with van der Waals surface area (Å²) < 4.78 is 0. The van der Waals surface area contributed by atoms with Crippen molar-refractivity contribution in [2.45, 2.75) is 27.3 Å². The Morgan fingerprint density at radius 3 is 2.29 bits per heavy atom. The summed E-state index contributed by atoms with van der Waals surface area (Å²) in [5.74, 6) is 2.71. The van der Waals surface area contributed by atoms with Crippen molar-refractivity contribution in [3.8, 4) is 12.3 Å². The lowest BCUT2D eigenvalue weighted by Crippen LogP contribution is -2.44. The van der Waals surface area contributed by atoms with Crippen LogP contribution in [0.1, 0.15) is 27.8 Å². The number of hydrogen-bond acceptors (Lipinski definition) is 4. The summed E-state index contributed by atoms with van der Waals surface area (Å²) in [5.41, 5.74) is 5.28. The zero-order chi connectivity index (χ0) is 15.6. The van der Waals surface area contributed by atoms with Crippen LogP contribution in [0, 0.1) is 33.1 Å². The van der Waals surface area contributed by atoms with E-state index >= 15 is 0 Å². The minimum Gasteiger partial charge on any atom is -0.423 e. The fourth-order valence-corrected chi connectivity index (χ4v) is 3.23. The lowest BCUT2D eigenvalue weighted by Gasteiger charge is -2.29. The zero-order valence-electron chi connectivity index (χ0n) is 13.0. The standard InChI is InChI=1S/C16H23BN2O2/c1-5-14-11(2)15(10-19-8-6-18-7-9-19)13(4)16(12(14)3)17(20)21/h1,18,20-21H,6-10H2,2-4H3. The molecule has 0 atom stereocenters. The predicted octanol–water partition coefficient (Wildman–Crippen LogP) is -0.322. The van der Waals surface area contributed by atoms with E-state index in [0.717, 1.165) is 60.5 Å². The predicted molar refractivity (Wildman–Crippen MR) is 86.6 cm³/mol. The Labute approximate surface area is 127 Å². The number of piperazine rings is 1. The Balaban J connectivity index is 2.48. The second-order valence-corrected chi connectivity index (χ2v) is 5.69. The van der Waals surface area contributed by atoms with Gasteiger partial charge in [0, 0.05) is 38.3 Å². The van der Waals surface area contributed by atoms with Gasteiger partial charge in [0.15, 0.2) is 0 Å². The number of nitrogens with one attached hydrogen (secondary N) is 1. The molecule has 4 nitrogen and oxygen atoms in total. The van der Waals surface area contributed by atoms with Crippen LogP contribution in [0.3, 0.4) is 0 Å². The maximum Gasteiger partial charge on any atom is 0.489 e. The summed E-state index contributed by atoms with van der Waals surface area (Å²) in [4.78, 5) is 2.37. The normalized spacial score (nSPS) is 15.8. The fourth-order valence-electron chi connectivity index (χ4n) is 3.23. The third kappa shape index (κ3) is 3.14. The van der Waals surface area contributed by atoms with Crippen molar-refractivity contribution >= 4 is 12.6 Å². The molecule has 0 radical (unpaired) electrons. The molecule has 1 aromatic carbocycles.